The second-order valence-corrected chi connectivity index (χ2v) is 11.3. The Hall–Kier alpha value is -2.59. The fraction of sp³-hybridized carbons (Fsp3) is 0.290. The molecule has 2 aromatic carbocycles. The molecule has 0 aliphatic carbocycles. The van der Waals surface area contributed by atoms with E-state index in [-0.39, 0.29) is 37.1 Å². The van der Waals surface area contributed by atoms with Gasteiger partial charge in [0.15, 0.2) is 5.78 Å². The number of fused-ring (bicyclic) bond motifs is 1. The van der Waals surface area contributed by atoms with Crippen LogP contribution in [0.15, 0.2) is 60.4 Å². The van der Waals surface area contributed by atoms with Gasteiger partial charge in [0, 0.05) is 31.1 Å². The Morgan fingerprint density at radius 2 is 1.61 bits per heavy atom. The van der Waals surface area contributed by atoms with Crippen molar-refractivity contribution in [3.05, 3.63) is 88.7 Å². The fourth-order valence-corrected chi connectivity index (χ4v) is 4.90. The number of aliphatic hydroxyl groups is 1. The molecule has 0 unspecified atom stereocenters. The fourth-order valence-electron chi connectivity index (χ4n) is 3.91. The third-order valence-corrected chi connectivity index (χ3v) is 6.58. The van der Waals surface area contributed by atoms with Crippen LogP contribution >= 0.6 is 11.3 Å². The minimum atomic E-state index is -0.125. The van der Waals surface area contributed by atoms with E-state index in [1.165, 1.54) is 51.8 Å². The van der Waals surface area contributed by atoms with Crippen LogP contribution in [-0.2, 0) is 30.3 Å². The number of aryl methyl sites for hydroxylation is 3. The SMILES string of the molecule is CC(=O)/C=C(/C)O.Cc1[c-]c(-c2ccc3sc(-c4cc(C)cc(C)c4)cc3n2)cc(C(C)(C)C)c1.[Ir]. The molecule has 1 radical (unpaired) electrons. The molecule has 1 N–H and O–H groups in total. The van der Waals surface area contributed by atoms with Crippen LogP contribution in [-0.4, -0.2) is 15.9 Å². The maximum absolute atomic E-state index is 10.0. The minimum absolute atomic E-state index is 0. The summed E-state index contributed by atoms with van der Waals surface area (Å²) < 4.78 is 1.22. The molecule has 4 rings (SSSR count). The van der Waals surface area contributed by atoms with Gasteiger partial charge in [-0.3, -0.25) is 9.78 Å². The first-order chi connectivity index (χ1) is 16.3. The number of aliphatic hydroxyl groups excluding tert-OH is 1. The Labute approximate surface area is 232 Å². The van der Waals surface area contributed by atoms with E-state index >= 15 is 0 Å². The van der Waals surface area contributed by atoms with Gasteiger partial charge in [-0.15, -0.1) is 46.2 Å². The monoisotopic (exact) mass is 677 g/mol. The summed E-state index contributed by atoms with van der Waals surface area (Å²) in [6.45, 7) is 16.0. The Morgan fingerprint density at radius 1 is 0.972 bits per heavy atom. The number of carbonyl (C=O) groups excluding carboxylic acids is 1. The van der Waals surface area contributed by atoms with Crippen LogP contribution in [0, 0.1) is 26.8 Å². The van der Waals surface area contributed by atoms with Gasteiger partial charge in [0.25, 0.3) is 0 Å². The van der Waals surface area contributed by atoms with Gasteiger partial charge >= 0.3 is 0 Å². The van der Waals surface area contributed by atoms with Gasteiger partial charge in [-0.1, -0.05) is 63.1 Å². The van der Waals surface area contributed by atoms with Crippen molar-refractivity contribution in [2.45, 2.75) is 60.8 Å². The van der Waals surface area contributed by atoms with E-state index in [1.54, 1.807) is 0 Å². The second kappa shape index (κ2) is 12.1. The Balaban J connectivity index is 0.000000503. The van der Waals surface area contributed by atoms with Crippen LogP contribution in [0.4, 0.5) is 0 Å². The maximum atomic E-state index is 10.0. The maximum Gasteiger partial charge on any atom is 0.155 e. The Morgan fingerprint density at radius 3 is 2.14 bits per heavy atom. The Kier molecular flexibility index (Phi) is 9.96. The number of pyridine rings is 1. The van der Waals surface area contributed by atoms with E-state index in [4.69, 9.17) is 10.1 Å². The van der Waals surface area contributed by atoms with E-state index in [1.807, 2.05) is 11.3 Å². The predicted octanol–water partition coefficient (Wildman–Crippen LogP) is 8.69. The standard InChI is InChI=1S/C26H26NS.C5H8O2.Ir/c1-16-9-17(2)12-20(11-16)25-15-23-24(28-25)8-7-22(27-23)19-10-18(3)13-21(14-19)26(4,5)6;1-4(6)3-5(2)7;/h7-9,11-15H,1-6H3;3,6H,1-2H3;/q-1;;/b;4-3-;. The summed E-state index contributed by atoms with van der Waals surface area (Å²) in [5.41, 5.74) is 9.58. The smallest absolute Gasteiger partial charge is 0.155 e. The van der Waals surface area contributed by atoms with Gasteiger partial charge in [0.05, 0.1) is 16.0 Å². The second-order valence-electron chi connectivity index (χ2n) is 10.2. The first-order valence-electron chi connectivity index (χ1n) is 11.7. The predicted molar refractivity (Wildman–Crippen MR) is 149 cm³/mol. The molecule has 0 amide bonds. The van der Waals surface area contributed by atoms with Gasteiger partial charge < -0.3 is 5.11 Å². The first kappa shape index (κ1) is 29.6. The average Bonchev–Trinajstić information content (AvgIpc) is 3.15. The third kappa shape index (κ3) is 7.96. The van der Waals surface area contributed by atoms with Crippen molar-refractivity contribution in [3.63, 3.8) is 0 Å². The van der Waals surface area contributed by atoms with Gasteiger partial charge in [0.1, 0.15) is 0 Å². The molecule has 2 heterocycles. The number of thiophene rings is 1. The topological polar surface area (TPSA) is 50.2 Å². The van der Waals surface area contributed by atoms with Crippen LogP contribution in [0.3, 0.4) is 0 Å². The average molecular weight is 677 g/mol. The molecule has 36 heavy (non-hydrogen) atoms. The molecule has 191 valence electrons. The molecule has 0 bridgehead atoms. The molecule has 4 aromatic rings. The minimum Gasteiger partial charge on any atom is -0.512 e. The summed E-state index contributed by atoms with van der Waals surface area (Å²) in [5.74, 6) is -0.0625. The number of hydrogen-bond acceptors (Lipinski definition) is 4. The largest absolute Gasteiger partial charge is 0.512 e. The van der Waals surface area contributed by atoms with Gasteiger partial charge in [-0.05, 0) is 56.5 Å². The Bertz CT molecular complexity index is 1390. The van der Waals surface area contributed by atoms with Crippen LogP contribution in [0.5, 0.6) is 0 Å². The van der Waals surface area contributed by atoms with Crippen molar-refractivity contribution in [2.75, 3.05) is 0 Å². The molecule has 0 aliphatic heterocycles. The van der Waals surface area contributed by atoms with Crippen molar-refractivity contribution >= 4 is 27.3 Å². The van der Waals surface area contributed by atoms with E-state index < -0.39 is 0 Å². The quantitative estimate of drug-likeness (QED) is 0.134. The van der Waals surface area contributed by atoms with Gasteiger partial charge in [-0.25, -0.2) is 0 Å². The number of allylic oxidation sites excluding steroid dienone is 2. The van der Waals surface area contributed by atoms with Gasteiger partial charge in [0.2, 0.25) is 0 Å². The van der Waals surface area contributed by atoms with Crippen molar-refractivity contribution in [1.82, 2.24) is 4.98 Å². The number of ketones is 1. The van der Waals surface area contributed by atoms with Crippen LogP contribution in [0.2, 0.25) is 0 Å². The first-order valence-corrected chi connectivity index (χ1v) is 12.6. The normalized spacial score (nSPS) is 11.5. The van der Waals surface area contributed by atoms with E-state index in [0.717, 1.165) is 22.3 Å². The molecular weight excluding hydrogens is 643 g/mol. The summed E-state index contributed by atoms with van der Waals surface area (Å²) in [4.78, 5) is 16.3. The molecule has 2 aromatic heterocycles. The zero-order valence-electron chi connectivity index (χ0n) is 22.2. The van der Waals surface area contributed by atoms with Crippen LogP contribution < -0.4 is 0 Å². The molecular formula is C31H34IrNO2S-. The van der Waals surface area contributed by atoms with Crippen LogP contribution in [0.1, 0.15) is 56.9 Å². The molecule has 0 aliphatic rings. The van der Waals surface area contributed by atoms with Crippen molar-refractivity contribution in [1.29, 1.82) is 0 Å². The number of benzene rings is 2. The summed E-state index contributed by atoms with van der Waals surface area (Å²) >= 11 is 1.81. The van der Waals surface area contributed by atoms with Crippen LogP contribution in [0.25, 0.3) is 31.9 Å². The number of rotatable bonds is 3. The number of aromatic nitrogens is 1. The molecule has 0 spiro atoms. The van der Waals surface area contributed by atoms with Crippen molar-refractivity contribution in [3.8, 4) is 21.7 Å². The summed E-state index contributed by atoms with van der Waals surface area (Å²) in [6.07, 6.45) is 1.17. The summed E-state index contributed by atoms with van der Waals surface area (Å²) in [7, 11) is 0. The van der Waals surface area contributed by atoms with Crippen molar-refractivity contribution in [2.24, 2.45) is 0 Å². The van der Waals surface area contributed by atoms with E-state index in [2.05, 4.69) is 96.1 Å². The zero-order valence-corrected chi connectivity index (χ0v) is 25.5. The van der Waals surface area contributed by atoms with E-state index in [9.17, 15) is 4.79 Å². The van der Waals surface area contributed by atoms with E-state index in [0.29, 0.717) is 0 Å². The summed E-state index contributed by atoms with van der Waals surface area (Å²) in [5, 5.41) is 8.36. The number of hydrogen-bond donors (Lipinski definition) is 1. The number of nitrogens with zero attached hydrogens (tertiary/aromatic N) is 1. The molecule has 0 saturated heterocycles. The molecule has 0 atom stereocenters. The molecule has 0 saturated carbocycles. The molecule has 0 fully saturated rings. The third-order valence-electron chi connectivity index (χ3n) is 5.44. The zero-order chi connectivity index (χ0) is 25.9. The molecule has 5 heteroatoms. The van der Waals surface area contributed by atoms with Gasteiger partial charge in [-0.2, -0.15) is 0 Å². The molecule has 3 nitrogen and oxygen atoms in total. The van der Waals surface area contributed by atoms with Crippen molar-refractivity contribution < 1.29 is 30.0 Å². The summed E-state index contributed by atoms with van der Waals surface area (Å²) in [6, 6.07) is 21.2. The number of carbonyl (C=O) groups is 1.